The molecule has 0 heterocycles. The number of oxime groups is 1. The molecule has 0 radical (unpaired) electrons. The third-order valence-corrected chi connectivity index (χ3v) is 5.47. The van der Waals surface area contributed by atoms with Crippen LogP contribution in [0.2, 0.25) is 0 Å². The molecule has 4 heteroatoms. The number of aliphatic hydroxyl groups is 1. The van der Waals surface area contributed by atoms with E-state index in [1.807, 2.05) is 13.0 Å². The van der Waals surface area contributed by atoms with Gasteiger partial charge in [0.1, 0.15) is 5.60 Å². The molecule has 0 bridgehead atoms. The van der Waals surface area contributed by atoms with Crippen LogP contribution in [-0.4, -0.2) is 27.9 Å². The molecule has 3 aliphatic rings. The molecule has 0 aromatic carbocycles. The summed E-state index contributed by atoms with van der Waals surface area (Å²) in [6.45, 7) is 5.71. The van der Waals surface area contributed by atoms with Gasteiger partial charge in [0.05, 0.1) is 0 Å². The monoisotopic (exact) mass is 287 g/mol. The summed E-state index contributed by atoms with van der Waals surface area (Å²) in [6.07, 6.45) is 6.50. The van der Waals surface area contributed by atoms with Crippen molar-refractivity contribution in [3.05, 3.63) is 33.9 Å². The van der Waals surface area contributed by atoms with Gasteiger partial charge in [-0.3, -0.25) is 4.79 Å². The lowest BCUT2D eigenvalue weighted by atomic mass is 9.67. The van der Waals surface area contributed by atoms with Crippen molar-refractivity contribution >= 4 is 12.0 Å². The largest absolute Gasteiger partial charge is 0.411 e. The van der Waals surface area contributed by atoms with E-state index >= 15 is 0 Å². The van der Waals surface area contributed by atoms with Crippen molar-refractivity contribution in [2.45, 2.75) is 52.1 Å². The van der Waals surface area contributed by atoms with E-state index < -0.39 is 5.60 Å². The molecule has 0 aromatic rings. The maximum atomic E-state index is 12.7. The number of hydrogen-bond donors (Lipinski definition) is 2. The van der Waals surface area contributed by atoms with E-state index in [1.165, 1.54) is 6.21 Å². The Kier molecular flexibility index (Phi) is 2.99. The molecule has 21 heavy (non-hydrogen) atoms. The SMILES string of the molecule is CC1=C(CCC=NO)C2=C(C)C3(CC3)C(C)(O)C(=O)C2=C1. The Morgan fingerprint density at radius 1 is 1.38 bits per heavy atom. The first kappa shape index (κ1) is 14.3. The van der Waals surface area contributed by atoms with Crippen molar-refractivity contribution in [3.8, 4) is 0 Å². The molecule has 1 fully saturated rings. The summed E-state index contributed by atoms with van der Waals surface area (Å²) in [5, 5.41) is 22.3. The van der Waals surface area contributed by atoms with E-state index in [-0.39, 0.29) is 11.2 Å². The summed E-state index contributed by atoms with van der Waals surface area (Å²) in [6, 6.07) is 0. The molecule has 4 nitrogen and oxygen atoms in total. The van der Waals surface area contributed by atoms with E-state index in [0.717, 1.165) is 41.6 Å². The summed E-state index contributed by atoms with van der Waals surface area (Å²) in [5.41, 5.74) is 3.42. The Labute approximate surface area is 124 Å². The molecule has 112 valence electrons. The molecule has 2 N–H and O–H groups in total. The maximum Gasteiger partial charge on any atom is 0.195 e. The van der Waals surface area contributed by atoms with Crippen LogP contribution in [0, 0.1) is 5.41 Å². The predicted molar refractivity (Wildman–Crippen MR) is 80.3 cm³/mol. The van der Waals surface area contributed by atoms with Gasteiger partial charge in [-0.25, -0.2) is 0 Å². The number of fused-ring (bicyclic) bond motifs is 1. The van der Waals surface area contributed by atoms with E-state index in [0.29, 0.717) is 12.0 Å². The van der Waals surface area contributed by atoms with E-state index in [2.05, 4.69) is 12.1 Å². The number of nitrogens with zero attached hydrogens (tertiary/aromatic N) is 1. The van der Waals surface area contributed by atoms with E-state index in [4.69, 9.17) is 5.21 Å². The zero-order chi connectivity index (χ0) is 15.4. The summed E-state index contributed by atoms with van der Waals surface area (Å²) in [5.74, 6) is -0.147. The molecule has 3 rings (SSSR count). The van der Waals surface area contributed by atoms with Gasteiger partial charge in [-0.05, 0) is 69.2 Å². The Morgan fingerprint density at radius 3 is 2.62 bits per heavy atom. The second-order valence-corrected chi connectivity index (χ2v) is 6.54. The van der Waals surface area contributed by atoms with Crippen LogP contribution in [0.25, 0.3) is 0 Å². The minimum Gasteiger partial charge on any atom is -0.411 e. The molecule has 1 saturated carbocycles. The molecule has 1 atom stereocenters. The first-order chi connectivity index (χ1) is 9.87. The maximum absolute atomic E-state index is 12.7. The second kappa shape index (κ2) is 4.41. The van der Waals surface area contributed by atoms with Crippen LogP contribution in [0.1, 0.15) is 46.5 Å². The Morgan fingerprint density at radius 2 is 2.05 bits per heavy atom. The molecule has 0 saturated heterocycles. The molecule has 0 aromatic heterocycles. The first-order valence-corrected chi connectivity index (χ1v) is 7.43. The van der Waals surface area contributed by atoms with Gasteiger partial charge in [0, 0.05) is 17.2 Å². The fraction of sp³-hybridized carbons (Fsp3) is 0.529. The Balaban J connectivity index is 2.08. The lowest BCUT2D eigenvalue weighted by Gasteiger charge is -2.39. The highest BCUT2D eigenvalue weighted by Gasteiger charge is 2.64. The van der Waals surface area contributed by atoms with Crippen LogP contribution in [0.4, 0.5) is 0 Å². The van der Waals surface area contributed by atoms with Crippen LogP contribution >= 0.6 is 0 Å². The summed E-state index contributed by atoms with van der Waals surface area (Å²) in [4.78, 5) is 12.7. The number of carbonyl (C=O) groups is 1. The fourth-order valence-corrected chi connectivity index (χ4v) is 4.00. The number of allylic oxidation sites excluding steroid dienone is 4. The lowest BCUT2D eigenvalue weighted by molar-refractivity contribution is -0.137. The van der Waals surface area contributed by atoms with Gasteiger partial charge in [-0.2, -0.15) is 0 Å². The van der Waals surface area contributed by atoms with Gasteiger partial charge in [0.2, 0.25) is 0 Å². The molecule has 3 aliphatic carbocycles. The summed E-state index contributed by atoms with van der Waals surface area (Å²) >= 11 is 0. The molecule has 0 aliphatic heterocycles. The minimum absolute atomic E-state index is 0.147. The zero-order valence-electron chi connectivity index (χ0n) is 12.7. The highest BCUT2D eigenvalue weighted by molar-refractivity contribution is 6.10. The van der Waals surface area contributed by atoms with Gasteiger partial charge >= 0.3 is 0 Å². The molecule has 1 spiro atoms. The van der Waals surface area contributed by atoms with Crippen molar-refractivity contribution in [1.82, 2.24) is 0 Å². The van der Waals surface area contributed by atoms with Gasteiger partial charge in [-0.15, -0.1) is 5.16 Å². The van der Waals surface area contributed by atoms with Gasteiger partial charge in [0.25, 0.3) is 0 Å². The fourth-order valence-electron chi connectivity index (χ4n) is 4.00. The Hall–Kier alpha value is -1.68. The normalized spacial score (nSPS) is 30.5. The number of hydrogen-bond acceptors (Lipinski definition) is 4. The zero-order valence-corrected chi connectivity index (χ0v) is 12.7. The van der Waals surface area contributed by atoms with Crippen LogP contribution in [0.5, 0.6) is 0 Å². The van der Waals surface area contributed by atoms with Crippen molar-refractivity contribution in [2.75, 3.05) is 0 Å². The van der Waals surface area contributed by atoms with Gasteiger partial charge in [0.15, 0.2) is 5.78 Å². The highest BCUT2D eigenvalue weighted by Crippen LogP contribution is 2.65. The average molecular weight is 287 g/mol. The standard InChI is InChI=1S/C17H21NO3/c1-10-9-13-14(12(10)5-4-8-18-21)11(2)17(6-7-17)16(3,20)15(13)19/h8-9,20-21H,4-7H2,1-3H3. The molecular formula is C17H21NO3. The van der Waals surface area contributed by atoms with Crippen molar-refractivity contribution in [2.24, 2.45) is 10.6 Å². The molecule has 0 amide bonds. The number of carbonyl (C=O) groups excluding carboxylic acids is 1. The molecule has 1 unspecified atom stereocenters. The van der Waals surface area contributed by atoms with Gasteiger partial charge in [-0.1, -0.05) is 5.57 Å². The van der Waals surface area contributed by atoms with Crippen LogP contribution < -0.4 is 0 Å². The first-order valence-electron chi connectivity index (χ1n) is 7.43. The van der Waals surface area contributed by atoms with E-state index in [9.17, 15) is 9.90 Å². The van der Waals surface area contributed by atoms with Crippen LogP contribution in [-0.2, 0) is 4.79 Å². The molecular weight excluding hydrogens is 266 g/mol. The summed E-state index contributed by atoms with van der Waals surface area (Å²) in [7, 11) is 0. The third-order valence-electron chi connectivity index (χ3n) is 5.47. The van der Waals surface area contributed by atoms with Crippen molar-refractivity contribution in [1.29, 1.82) is 0 Å². The summed E-state index contributed by atoms with van der Waals surface area (Å²) < 4.78 is 0. The quantitative estimate of drug-likeness (QED) is 0.476. The highest BCUT2D eigenvalue weighted by atomic mass is 16.4. The van der Waals surface area contributed by atoms with Crippen molar-refractivity contribution < 1.29 is 15.1 Å². The number of rotatable bonds is 3. The van der Waals surface area contributed by atoms with Crippen LogP contribution in [0.15, 0.2) is 39.1 Å². The third kappa shape index (κ3) is 1.72. The Bertz CT molecular complexity index is 643. The average Bonchev–Trinajstić information content (AvgIpc) is 3.18. The number of ketones is 1. The second-order valence-electron chi connectivity index (χ2n) is 6.54. The minimum atomic E-state index is -1.28. The smallest absolute Gasteiger partial charge is 0.195 e. The lowest BCUT2D eigenvalue weighted by Crippen LogP contribution is -2.49. The van der Waals surface area contributed by atoms with E-state index in [1.54, 1.807) is 6.92 Å². The predicted octanol–water partition coefficient (Wildman–Crippen LogP) is 2.91. The van der Waals surface area contributed by atoms with Gasteiger partial charge < -0.3 is 10.3 Å². The van der Waals surface area contributed by atoms with Crippen molar-refractivity contribution in [3.63, 3.8) is 0 Å². The number of Topliss-reactive ketones (excluding diaryl/α,β-unsaturated/α-hetero) is 1. The van der Waals surface area contributed by atoms with Crippen LogP contribution in [0.3, 0.4) is 0 Å². The topological polar surface area (TPSA) is 69.9 Å².